The quantitative estimate of drug-likeness (QED) is 0.733. The molecule has 0 spiro atoms. The number of phenolic OH excluding ortho intramolecular Hbond substituents is 1. The largest absolute Gasteiger partial charge is 0.504 e. The lowest BCUT2D eigenvalue weighted by Gasteiger charge is -2.34. The molecule has 0 bridgehead atoms. The van der Waals surface area contributed by atoms with Gasteiger partial charge in [-0.05, 0) is 55.7 Å². The number of carbonyl (C=O) groups excluding carboxylic acids is 2. The average Bonchev–Trinajstić information content (AvgIpc) is 2.78. The van der Waals surface area contributed by atoms with Crippen LogP contribution in [0.3, 0.4) is 0 Å². The second-order valence-corrected chi connectivity index (χ2v) is 8.43. The molecule has 3 rings (SSSR count). The maximum Gasteiger partial charge on any atom is 0.410 e. The van der Waals surface area contributed by atoms with Crippen LogP contribution in [0, 0.1) is 11.8 Å². The normalized spacial score (nSPS) is 22.4. The van der Waals surface area contributed by atoms with Crippen LogP contribution in [0.15, 0.2) is 18.2 Å². The van der Waals surface area contributed by atoms with Crippen LogP contribution in [0.1, 0.15) is 57.4 Å². The van der Waals surface area contributed by atoms with E-state index in [0.29, 0.717) is 44.1 Å². The molecule has 1 heterocycles. The molecule has 2 atom stereocenters. The molecule has 1 saturated heterocycles. The number of hydrogen-bond acceptors (Lipinski definition) is 5. The molecule has 0 aromatic heterocycles. The number of nitrogens with one attached hydrogen (secondary N) is 1. The van der Waals surface area contributed by atoms with E-state index in [9.17, 15) is 14.7 Å². The summed E-state index contributed by atoms with van der Waals surface area (Å²) < 4.78 is 10.8. The lowest BCUT2D eigenvalue weighted by atomic mass is 9.85. The van der Waals surface area contributed by atoms with E-state index in [-0.39, 0.29) is 29.8 Å². The van der Waals surface area contributed by atoms with Gasteiger partial charge in [0.05, 0.1) is 7.11 Å². The molecule has 30 heavy (non-hydrogen) atoms. The van der Waals surface area contributed by atoms with Crippen LogP contribution in [0.5, 0.6) is 11.5 Å². The number of hydrogen-bond donors (Lipinski definition) is 2. The molecule has 2 N–H and O–H groups in total. The highest BCUT2D eigenvalue weighted by Crippen LogP contribution is 2.29. The fraction of sp³-hybridized carbons (Fsp3) is 0.652. The fourth-order valence-electron chi connectivity index (χ4n) is 4.43. The van der Waals surface area contributed by atoms with Crippen molar-refractivity contribution in [3.63, 3.8) is 0 Å². The van der Waals surface area contributed by atoms with E-state index in [4.69, 9.17) is 9.47 Å². The Labute approximate surface area is 178 Å². The van der Waals surface area contributed by atoms with E-state index >= 15 is 0 Å². The Bertz CT molecular complexity index is 730. The van der Waals surface area contributed by atoms with Crippen molar-refractivity contribution in [1.29, 1.82) is 0 Å². The fourth-order valence-corrected chi connectivity index (χ4v) is 4.43. The van der Waals surface area contributed by atoms with Gasteiger partial charge in [0, 0.05) is 25.6 Å². The summed E-state index contributed by atoms with van der Waals surface area (Å²) in [7, 11) is 1.49. The zero-order chi connectivity index (χ0) is 21.5. The van der Waals surface area contributed by atoms with Crippen LogP contribution >= 0.6 is 0 Å². The van der Waals surface area contributed by atoms with Gasteiger partial charge in [-0.25, -0.2) is 4.79 Å². The van der Waals surface area contributed by atoms with Crippen molar-refractivity contribution >= 4 is 12.0 Å². The molecule has 0 radical (unpaired) electrons. The third-order valence-corrected chi connectivity index (χ3v) is 6.41. The summed E-state index contributed by atoms with van der Waals surface area (Å²) in [5, 5.41) is 12.6. The molecule has 7 nitrogen and oxygen atoms in total. The molecule has 2 fully saturated rings. The summed E-state index contributed by atoms with van der Waals surface area (Å²) in [5.41, 5.74) is 0.858. The monoisotopic (exact) mass is 418 g/mol. The van der Waals surface area contributed by atoms with Crippen molar-refractivity contribution in [2.45, 2.75) is 64.5 Å². The molecule has 1 aromatic rings. The Morgan fingerprint density at radius 3 is 2.67 bits per heavy atom. The number of ether oxygens (including phenoxy) is 2. The standard InChI is InChI=1S/C23H34N2O5/c1-3-16-5-4-6-19(13-16)30-23(28)25-11-9-18(10-12-25)22(27)24-15-17-7-8-20(26)21(14-17)29-2/h7-8,14,16,18-19,26H,3-6,9-13,15H2,1-2H3,(H,24,27)/t16-,19-/m1/s1. The number of aromatic hydroxyl groups is 1. The smallest absolute Gasteiger partial charge is 0.410 e. The molecule has 1 saturated carbocycles. The van der Waals surface area contributed by atoms with Gasteiger partial charge in [0.15, 0.2) is 11.5 Å². The van der Waals surface area contributed by atoms with Gasteiger partial charge in [-0.15, -0.1) is 0 Å². The minimum absolute atomic E-state index is 0.00636. The molecule has 1 aliphatic heterocycles. The Morgan fingerprint density at radius 1 is 1.20 bits per heavy atom. The number of piperidine rings is 1. The number of nitrogens with zero attached hydrogens (tertiary/aromatic N) is 1. The maximum atomic E-state index is 12.5. The summed E-state index contributed by atoms with van der Waals surface area (Å²) in [6, 6.07) is 5.02. The number of phenols is 1. The number of amides is 2. The number of benzene rings is 1. The highest BCUT2D eigenvalue weighted by molar-refractivity contribution is 5.79. The minimum atomic E-state index is -0.230. The molecule has 0 unspecified atom stereocenters. The summed E-state index contributed by atoms with van der Waals surface area (Å²) >= 11 is 0. The van der Waals surface area contributed by atoms with Crippen molar-refractivity contribution in [3.8, 4) is 11.5 Å². The zero-order valence-electron chi connectivity index (χ0n) is 18.1. The van der Waals surface area contributed by atoms with E-state index in [1.165, 1.54) is 13.5 Å². The van der Waals surface area contributed by atoms with Crippen LogP contribution in [0.4, 0.5) is 4.79 Å². The Hall–Kier alpha value is -2.44. The van der Waals surface area contributed by atoms with Gasteiger partial charge in [-0.3, -0.25) is 4.79 Å². The first kappa shape index (κ1) is 22.2. The third-order valence-electron chi connectivity index (χ3n) is 6.41. The summed E-state index contributed by atoms with van der Waals surface area (Å²) in [4.78, 5) is 26.8. The number of rotatable bonds is 6. The summed E-state index contributed by atoms with van der Waals surface area (Å²) in [6.07, 6.45) is 6.54. The summed E-state index contributed by atoms with van der Waals surface area (Å²) in [6.45, 7) is 3.67. The highest BCUT2D eigenvalue weighted by Gasteiger charge is 2.30. The van der Waals surface area contributed by atoms with Gasteiger partial charge in [0.1, 0.15) is 6.10 Å². The van der Waals surface area contributed by atoms with Crippen molar-refractivity contribution in [2.24, 2.45) is 11.8 Å². The van der Waals surface area contributed by atoms with Gasteiger partial charge < -0.3 is 24.8 Å². The number of likely N-dealkylation sites (tertiary alicyclic amines) is 1. The van der Waals surface area contributed by atoms with Crippen molar-refractivity contribution < 1.29 is 24.2 Å². The zero-order valence-corrected chi connectivity index (χ0v) is 18.1. The van der Waals surface area contributed by atoms with E-state index < -0.39 is 0 Å². The van der Waals surface area contributed by atoms with Crippen LogP contribution in [-0.2, 0) is 16.1 Å². The average molecular weight is 419 g/mol. The molecule has 2 aliphatic rings. The van der Waals surface area contributed by atoms with Crippen molar-refractivity contribution in [3.05, 3.63) is 23.8 Å². The van der Waals surface area contributed by atoms with Gasteiger partial charge in [-0.2, -0.15) is 0 Å². The van der Waals surface area contributed by atoms with E-state index in [0.717, 1.165) is 31.2 Å². The first-order valence-electron chi connectivity index (χ1n) is 11.1. The van der Waals surface area contributed by atoms with Gasteiger partial charge in [0.25, 0.3) is 0 Å². The van der Waals surface area contributed by atoms with Gasteiger partial charge in [-0.1, -0.05) is 25.8 Å². The molecule has 7 heteroatoms. The van der Waals surface area contributed by atoms with Crippen molar-refractivity contribution in [1.82, 2.24) is 10.2 Å². The Morgan fingerprint density at radius 2 is 1.97 bits per heavy atom. The molecule has 2 amide bonds. The predicted octanol–water partition coefficient (Wildman–Crippen LogP) is 3.83. The lowest BCUT2D eigenvalue weighted by Crippen LogP contribution is -2.44. The first-order chi connectivity index (χ1) is 14.5. The third kappa shape index (κ3) is 5.80. The number of carbonyl (C=O) groups is 2. The van der Waals surface area contributed by atoms with E-state index in [1.807, 2.05) is 0 Å². The predicted molar refractivity (Wildman–Crippen MR) is 113 cm³/mol. The molecular formula is C23H34N2O5. The van der Waals surface area contributed by atoms with Gasteiger partial charge >= 0.3 is 6.09 Å². The van der Waals surface area contributed by atoms with E-state index in [1.54, 1.807) is 23.1 Å². The van der Waals surface area contributed by atoms with Crippen LogP contribution < -0.4 is 10.1 Å². The van der Waals surface area contributed by atoms with Crippen molar-refractivity contribution in [2.75, 3.05) is 20.2 Å². The second-order valence-electron chi connectivity index (χ2n) is 8.43. The van der Waals surface area contributed by atoms with Crippen LogP contribution in [0.2, 0.25) is 0 Å². The Kier molecular flexibility index (Phi) is 7.82. The lowest BCUT2D eigenvalue weighted by molar-refractivity contribution is -0.126. The molecular weight excluding hydrogens is 384 g/mol. The molecule has 166 valence electrons. The van der Waals surface area contributed by atoms with Crippen LogP contribution in [-0.4, -0.2) is 48.3 Å². The Balaban J connectivity index is 1.41. The van der Waals surface area contributed by atoms with Gasteiger partial charge in [0.2, 0.25) is 5.91 Å². The first-order valence-corrected chi connectivity index (χ1v) is 11.1. The van der Waals surface area contributed by atoms with E-state index in [2.05, 4.69) is 12.2 Å². The number of methoxy groups -OCH3 is 1. The van der Waals surface area contributed by atoms with Crippen LogP contribution in [0.25, 0.3) is 0 Å². The second kappa shape index (κ2) is 10.5. The topological polar surface area (TPSA) is 88.1 Å². The minimum Gasteiger partial charge on any atom is -0.504 e. The summed E-state index contributed by atoms with van der Waals surface area (Å²) in [5.74, 6) is 1.02. The molecule has 1 aromatic carbocycles. The SMILES string of the molecule is CC[C@@H]1CCC[C@@H](OC(=O)N2CCC(C(=O)NCc3ccc(O)c(OC)c3)CC2)C1. The maximum absolute atomic E-state index is 12.5. The molecule has 1 aliphatic carbocycles. The highest BCUT2D eigenvalue weighted by atomic mass is 16.6.